The van der Waals surface area contributed by atoms with Crippen LogP contribution in [-0.4, -0.2) is 22.7 Å². The molecule has 0 heterocycles. The summed E-state index contributed by atoms with van der Waals surface area (Å²) in [5.41, 5.74) is 1.06. The Balaban J connectivity index is 2.29. The maximum atomic E-state index is 10.6. The molecule has 0 saturated heterocycles. The molecule has 0 fully saturated rings. The van der Waals surface area contributed by atoms with Crippen molar-refractivity contribution >= 4 is 11.6 Å². The van der Waals surface area contributed by atoms with Crippen LogP contribution in [0.2, 0.25) is 0 Å². The van der Waals surface area contributed by atoms with Crippen molar-refractivity contribution in [2.75, 3.05) is 12.5 Å². The van der Waals surface area contributed by atoms with Gasteiger partial charge in [0.2, 0.25) is 0 Å². The van der Waals surface area contributed by atoms with E-state index in [0.717, 1.165) is 11.1 Å². The van der Waals surface area contributed by atoms with E-state index in [1.807, 2.05) is 60.7 Å². The lowest BCUT2D eigenvalue weighted by molar-refractivity contribution is -0.00407. The predicted octanol–water partition coefficient (Wildman–Crippen LogP) is 3.18. The fraction of sp³-hybridized carbons (Fsp3) is 0.294. The summed E-state index contributed by atoms with van der Waals surface area (Å²) in [5, 5.41) is 20.5. The van der Waals surface area contributed by atoms with Crippen LogP contribution < -0.4 is 0 Å². The van der Waals surface area contributed by atoms with E-state index < -0.39 is 11.5 Å². The van der Waals surface area contributed by atoms with Gasteiger partial charge in [0, 0.05) is 11.3 Å². The Kier molecular flexibility index (Phi) is 5.18. The second-order valence-corrected chi connectivity index (χ2v) is 5.40. The summed E-state index contributed by atoms with van der Waals surface area (Å²) < 4.78 is 0. The van der Waals surface area contributed by atoms with E-state index in [2.05, 4.69) is 0 Å². The normalized spacial score (nSPS) is 15.6. The van der Waals surface area contributed by atoms with Gasteiger partial charge >= 0.3 is 0 Å². The molecule has 0 aliphatic rings. The Morgan fingerprint density at radius 3 is 2.00 bits per heavy atom. The highest BCUT2D eigenvalue weighted by Gasteiger charge is 2.37. The van der Waals surface area contributed by atoms with Crippen molar-refractivity contribution < 1.29 is 10.2 Å². The number of hydrogen-bond acceptors (Lipinski definition) is 2. The number of rotatable bonds is 6. The minimum Gasteiger partial charge on any atom is -0.396 e. The molecule has 0 bridgehead atoms. The van der Waals surface area contributed by atoms with Crippen LogP contribution in [0.5, 0.6) is 0 Å². The number of benzene rings is 2. The fourth-order valence-electron chi connectivity index (χ4n) is 2.39. The molecule has 0 amide bonds. The van der Waals surface area contributed by atoms with E-state index in [1.54, 1.807) is 0 Å². The summed E-state index contributed by atoms with van der Waals surface area (Å²) in [5.74, 6) is 0.189. The molecule has 0 aromatic heterocycles. The van der Waals surface area contributed by atoms with Crippen molar-refractivity contribution in [2.45, 2.75) is 12.5 Å². The molecule has 0 aliphatic carbocycles. The summed E-state index contributed by atoms with van der Waals surface area (Å²) >= 11 is 6.10. The molecule has 2 nitrogen and oxygen atoms in total. The third kappa shape index (κ3) is 3.21. The molecule has 20 heavy (non-hydrogen) atoms. The van der Waals surface area contributed by atoms with Gasteiger partial charge in [0.1, 0.15) is 0 Å². The number of alkyl halides is 1. The standard InChI is InChI=1S/C17H19ClO2/c18-12-17(13-19,11-14-7-3-1-4-8-14)16(20)15-9-5-2-6-10-15/h1-10,16,19-20H,11-13H2/t16-,17+/m0/s1. The lowest BCUT2D eigenvalue weighted by Gasteiger charge is -2.35. The first-order chi connectivity index (χ1) is 9.72. The van der Waals surface area contributed by atoms with Crippen LogP contribution in [0.1, 0.15) is 17.2 Å². The van der Waals surface area contributed by atoms with E-state index in [0.29, 0.717) is 6.42 Å². The van der Waals surface area contributed by atoms with Crippen molar-refractivity contribution in [1.29, 1.82) is 0 Å². The maximum absolute atomic E-state index is 10.6. The molecule has 2 atom stereocenters. The topological polar surface area (TPSA) is 40.5 Å². The van der Waals surface area contributed by atoms with E-state index in [9.17, 15) is 10.2 Å². The van der Waals surface area contributed by atoms with Gasteiger partial charge in [0.15, 0.2) is 0 Å². The number of halogens is 1. The monoisotopic (exact) mass is 290 g/mol. The minimum atomic E-state index is -0.800. The smallest absolute Gasteiger partial charge is 0.0882 e. The Hall–Kier alpha value is -1.35. The molecule has 3 heteroatoms. The van der Waals surface area contributed by atoms with E-state index >= 15 is 0 Å². The molecule has 2 aromatic rings. The molecule has 106 valence electrons. The second-order valence-electron chi connectivity index (χ2n) is 5.13. The largest absolute Gasteiger partial charge is 0.396 e. The highest BCUT2D eigenvalue weighted by Crippen LogP contribution is 2.38. The Bertz CT molecular complexity index is 509. The van der Waals surface area contributed by atoms with E-state index in [4.69, 9.17) is 11.6 Å². The highest BCUT2D eigenvalue weighted by molar-refractivity contribution is 6.18. The van der Waals surface area contributed by atoms with Crippen molar-refractivity contribution in [3.05, 3.63) is 71.8 Å². The van der Waals surface area contributed by atoms with Crippen molar-refractivity contribution in [3.8, 4) is 0 Å². The molecule has 2 aromatic carbocycles. The van der Waals surface area contributed by atoms with Gasteiger partial charge in [0.25, 0.3) is 0 Å². The van der Waals surface area contributed by atoms with Crippen LogP contribution in [-0.2, 0) is 6.42 Å². The zero-order chi connectivity index (χ0) is 14.4. The summed E-state index contributed by atoms with van der Waals surface area (Å²) in [6.45, 7) is -0.165. The predicted molar refractivity (Wildman–Crippen MR) is 81.8 cm³/mol. The molecule has 0 saturated carbocycles. The van der Waals surface area contributed by atoms with Gasteiger partial charge in [-0.3, -0.25) is 0 Å². The number of hydrogen-bond donors (Lipinski definition) is 2. The molecule has 0 radical (unpaired) electrons. The first-order valence-corrected chi connectivity index (χ1v) is 7.19. The SMILES string of the molecule is OC[C@](CCl)(Cc1ccccc1)[C@@H](O)c1ccccc1. The first kappa shape index (κ1) is 15.0. The van der Waals surface area contributed by atoms with Gasteiger partial charge in [-0.2, -0.15) is 0 Å². The average Bonchev–Trinajstić information content (AvgIpc) is 2.54. The lowest BCUT2D eigenvalue weighted by atomic mass is 9.76. The average molecular weight is 291 g/mol. The Morgan fingerprint density at radius 2 is 1.50 bits per heavy atom. The highest BCUT2D eigenvalue weighted by atomic mass is 35.5. The zero-order valence-corrected chi connectivity index (χ0v) is 12.0. The van der Waals surface area contributed by atoms with Crippen LogP contribution in [0, 0.1) is 5.41 Å². The van der Waals surface area contributed by atoms with Crippen molar-refractivity contribution in [2.24, 2.45) is 5.41 Å². The van der Waals surface area contributed by atoms with E-state index in [1.165, 1.54) is 0 Å². The first-order valence-electron chi connectivity index (χ1n) is 6.65. The Labute approximate surface area is 124 Å². The van der Waals surface area contributed by atoms with Crippen LogP contribution >= 0.6 is 11.6 Å². The lowest BCUT2D eigenvalue weighted by Crippen LogP contribution is -2.37. The zero-order valence-electron chi connectivity index (χ0n) is 11.2. The summed E-state index contributed by atoms with van der Waals surface area (Å²) in [6.07, 6.45) is -0.268. The molecule has 0 unspecified atom stereocenters. The van der Waals surface area contributed by atoms with Crippen LogP contribution in [0.3, 0.4) is 0 Å². The van der Waals surface area contributed by atoms with Gasteiger partial charge in [-0.1, -0.05) is 60.7 Å². The summed E-state index contributed by atoms with van der Waals surface area (Å²) in [6, 6.07) is 19.1. The van der Waals surface area contributed by atoms with E-state index in [-0.39, 0.29) is 12.5 Å². The van der Waals surface area contributed by atoms with Gasteiger partial charge in [-0.25, -0.2) is 0 Å². The van der Waals surface area contributed by atoms with Crippen LogP contribution in [0.15, 0.2) is 60.7 Å². The summed E-state index contributed by atoms with van der Waals surface area (Å²) in [7, 11) is 0. The molecular formula is C17H19ClO2. The van der Waals surface area contributed by atoms with Crippen LogP contribution in [0.4, 0.5) is 0 Å². The van der Waals surface area contributed by atoms with Gasteiger partial charge in [-0.15, -0.1) is 11.6 Å². The van der Waals surface area contributed by atoms with Crippen LogP contribution in [0.25, 0.3) is 0 Å². The number of aliphatic hydroxyl groups excluding tert-OH is 2. The molecule has 0 aliphatic heterocycles. The Morgan fingerprint density at radius 1 is 0.950 bits per heavy atom. The quantitative estimate of drug-likeness (QED) is 0.802. The molecular weight excluding hydrogens is 272 g/mol. The van der Waals surface area contributed by atoms with Crippen molar-refractivity contribution in [1.82, 2.24) is 0 Å². The van der Waals surface area contributed by atoms with Gasteiger partial charge in [0.05, 0.1) is 12.7 Å². The number of aliphatic hydroxyl groups is 2. The maximum Gasteiger partial charge on any atom is 0.0882 e. The molecule has 0 spiro atoms. The van der Waals surface area contributed by atoms with Gasteiger partial charge < -0.3 is 10.2 Å². The second kappa shape index (κ2) is 6.89. The molecule has 2 rings (SSSR count). The fourth-order valence-corrected chi connectivity index (χ4v) is 2.72. The minimum absolute atomic E-state index is 0.165. The van der Waals surface area contributed by atoms with Crippen molar-refractivity contribution in [3.63, 3.8) is 0 Å². The molecule has 2 N–H and O–H groups in total. The van der Waals surface area contributed by atoms with Gasteiger partial charge in [-0.05, 0) is 17.5 Å². The summed E-state index contributed by atoms with van der Waals surface area (Å²) in [4.78, 5) is 0. The third-order valence-corrected chi connectivity index (χ3v) is 4.21. The third-order valence-electron chi connectivity index (χ3n) is 3.68.